The fraction of sp³-hybridized carbons (Fsp3) is 0.308. The topological polar surface area (TPSA) is 36.1 Å². The number of aromatic nitrogens is 1. The second kappa shape index (κ2) is 4.08. The molecule has 1 aromatic heterocycles. The van der Waals surface area contributed by atoms with Crippen LogP contribution in [0.1, 0.15) is 12.0 Å². The van der Waals surface area contributed by atoms with Crippen molar-refractivity contribution in [3.05, 3.63) is 36.0 Å². The highest BCUT2D eigenvalue weighted by atomic mass is 35.5. The number of carbonyl (C=O) groups is 1. The molecule has 0 spiro atoms. The Morgan fingerprint density at radius 2 is 2.29 bits per heavy atom. The number of rotatable bonds is 2. The van der Waals surface area contributed by atoms with Crippen LogP contribution in [0.3, 0.4) is 0 Å². The predicted molar refractivity (Wildman–Crippen MR) is 68.0 cm³/mol. The third-order valence-electron chi connectivity index (χ3n) is 3.16. The summed E-state index contributed by atoms with van der Waals surface area (Å²) in [5.41, 5.74) is 2.27. The van der Waals surface area contributed by atoms with Gasteiger partial charge in [-0.2, -0.15) is 0 Å². The zero-order valence-corrected chi connectivity index (χ0v) is 10.1. The Labute approximate surface area is 104 Å². The van der Waals surface area contributed by atoms with Crippen LogP contribution in [-0.2, 0) is 11.3 Å². The lowest BCUT2D eigenvalue weighted by atomic mass is 10.1. The molecule has 3 rings (SSSR count). The zero-order chi connectivity index (χ0) is 11.8. The van der Waals surface area contributed by atoms with Gasteiger partial charge in [-0.25, -0.2) is 0 Å². The maximum atomic E-state index is 11.6. The van der Waals surface area contributed by atoms with E-state index in [2.05, 4.69) is 11.1 Å². The van der Waals surface area contributed by atoms with E-state index in [1.54, 1.807) is 0 Å². The van der Waals surface area contributed by atoms with Crippen LogP contribution in [0, 0.1) is 0 Å². The molecular formula is C13H13ClN2O. The number of likely N-dealkylation sites (tertiary alicyclic amines) is 1. The molecule has 1 saturated heterocycles. The van der Waals surface area contributed by atoms with Gasteiger partial charge in [-0.3, -0.25) is 4.79 Å². The van der Waals surface area contributed by atoms with E-state index in [4.69, 9.17) is 11.6 Å². The van der Waals surface area contributed by atoms with Crippen molar-refractivity contribution in [3.63, 3.8) is 0 Å². The Kier molecular flexibility index (Phi) is 2.56. The Morgan fingerprint density at radius 3 is 3.06 bits per heavy atom. The molecule has 1 amide bonds. The third-order valence-corrected chi connectivity index (χ3v) is 3.45. The van der Waals surface area contributed by atoms with E-state index >= 15 is 0 Å². The molecule has 1 aromatic carbocycles. The smallest absolute Gasteiger partial charge is 0.224 e. The van der Waals surface area contributed by atoms with Crippen molar-refractivity contribution in [2.45, 2.75) is 18.3 Å². The monoisotopic (exact) mass is 248 g/mol. The van der Waals surface area contributed by atoms with Gasteiger partial charge in [-0.15, -0.1) is 11.6 Å². The summed E-state index contributed by atoms with van der Waals surface area (Å²) in [5, 5.41) is 1.15. The molecule has 88 valence electrons. The van der Waals surface area contributed by atoms with Crippen molar-refractivity contribution in [3.8, 4) is 0 Å². The summed E-state index contributed by atoms with van der Waals surface area (Å²) < 4.78 is 0. The molecule has 2 heterocycles. The third kappa shape index (κ3) is 2.03. The van der Waals surface area contributed by atoms with Crippen molar-refractivity contribution in [1.29, 1.82) is 0 Å². The summed E-state index contributed by atoms with van der Waals surface area (Å²) in [4.78, 5) is 16.6. The molecule has 1 fully saturated rings. The van der Waals surface area contributed by atoms with Crippen molar-refractivity contribution in [2.75, 3.05) is 6.54 Å². The normalized spacial score (nSPS) is 20.4. The first-order valence-electron chi connectivity index (χ1n) is 5.70. The summed E-state index contributed by atoms with van der Waals surface area (Å²) in [6.07, 6.45) is 2.39. The Hall–Kier alpha value is -1.48. The standard InChI is InChI=1S/C13H13ClN2O/c14-11-6-13(17)16(8-11)7-9-1-2-12-10(5-9)3-4-15-12/h1-5,11,15H,6-8H2. The van der Waals surface area contributed by atoms with Crippen LogP contribution < -0.4 is 0 Å². The molecule has 1 aliphatic heterocycles. The molecule has 3 nitrogen and oxygen atoms in total. The van der Waals surface area contributed by atoms with Gasteiger partial charge in [0.05, 0.1) is 5.38 Å². The number of amides is 1. The number of alkyl halides is 1. The second-order valence-electron chi connectivity index (χ2n) is 4.47. The maximum Gasteiger partial charge on any atom is 0.224 e. The molecule has 1 aliphatic rings. The fourth-order valence-corrected chi connectivity index (χ4v) is 2.60. The molecule has 1 unspecified atom stereocenters. The second-order valence-corrected chi connectivity index (χ2v) is 5.09. The molecule has 2 aromatic rings. The van der Waals surface area contributed by atoms with Crippen LogP contribution in [0.15, 0.2) is 30.5 Å². The Bertz CT molecular complexity index is 563. The van der Waals surface area contributed by atoms with Gasteiger partial charge in [0.25, 0.3) is 0 Å². The van der Waals surface area contributed by atoms with E-state index < -0.39 is 0 Å². The molecular weight excluding hydrogens is 236 g/mol. The van der Waals surface area contributed by atoms with Crippen LogP contribution >= 0.6 is 11.6 Å². The van der Waals surface area contributed by atoms with Crippen LogP contribution in [0.2, 0.25) is 0 Å². The van der Waals surface area contributed by atoms with Gasteiger partial charge in [0.15, 0.2) is 0 Å². The number of carbonyl (C=O) groups excluding carboxylic acids is 1. The SMILES string of the molecule is O=C1CC(Cl)CN1Cc1ccc2[nH]ccc2c1. The summed E-state index contributed by atoms with van der Waals surface area (Å²) in [5.74, 6) is 0.152. The number of halogens is 1. The van der Waals surface area contributed by atoms with Gasteiger partial charge in [0.1, 0.15) is 0 Å². The average Bonchev–Trinajstić information content (AvgIpc) is 2.85. The molecule has 17 heavy (non-hydrogen) atoms. The molecule has 0 radical (unpaired) electrons. The molecule has 0 bridgehead atoms. The largest absolute Gasteiger partial charge is 0.361 e. The highest BCUT2D eigenvalue weighted by molar-refractivity contribution is 6.22. The minimum absolute atomic E-state index is 0.0292. The number of aromatic amines is 1. The van der Waals surface area contributed by atoms with Gasteiger partial charge >= 0.3 is 0 Å². The van der Waals surface area contributed by atoms with Gasteiger partial charge in [0, 0.05) is 31.2 Å². The first-order valence-corrected chi connectivity index (χ1v) is 6.14. The quantitative estimate of drug-likeness (QED) is 0.815. The van der Waals surface area contributed by atoms with Gasteiger partial charge in [-0.05, 0) is 29.1 Å². The first-order chi connectivity index (χ1) is 8.22. The summed E-state index contributed by atoms with van der Waals surface area (Å²) >= 11 is 5.98. The van der Waals surface area contributed by atoms with Crippen LogP contribution in [0.4, 0.5) is 0 Å². The van der Waals surface area contributed by atoms with Gasteiger partial charge in [0.2, 0.25) is 5.91 Å². The summed E-state index contributed by atoms with van der Waals surface area (Å²) in [6.45, 7) is 1.31. The number of H-pyrrole nitrogens is 1. The van der Waals surface area contributed by atoms with Crippen LogP contribution in [-0.4, -0.2) is 27.7 Å². The lowest BCUT2D eigenvalue weighted by molar-refractivity contribution is -0.128. The number of hydrogen-bond donors (Lipinski definition) is 1. The minimum atomic E-state index is -0.0292. The van der Waals surface area contributed by atoms with Crippen molar-refractivity contribution in [2.24, 2.45) is 0 Å². The van der Waals surface area contributed by atoms with Crippen LogP contribution in [0.25, 0.3) is 10.9 Å². The van der Waals surface area contributed by atoms with Gasteiger partial charge < -0.3 is 9.88 Å². The van der Waals surface area contributed by atoms with Crippen molar-refractivity contribution >= 4 is 28.4 Å². The van der Waals surface area contributed by atoms with E-state index in [-0.39, 0.29) is 11.3 Å². The number of hydrogen-bond acceptors (Lipinski definition) is 1. The fourth-order valence-electron chi connectivity index (χ4n) is 2.30. The van der Waals surface area contributed by atoms with E-state index in [9.17, 15) is 4.79 Å². The summed E-state index contributed by atoms with van der Waals surface area (Å²) in [7, 11) is 0. The Balaban J connectivity index is 1.82. The lowest BCUT2D eigenvalue weighted by Crippen LogP contribution is -2.24. The highest BCUT2D eigenvalue weighted by Crippen LogP contribution is 2.21. The number of nitrogens with one attached hydrogen (secondary N) is 1. The molecule has 0 aliphatic carbocycles. The molecule has 0 saturated carbocycles. The van der Waals surface area contributed by atoms with E-state index in [0.717, 1.165) is 11.1 Å². The maximum absolute atomic E-state index is 11.6. The average molecular weight is 249 g/mol. The predicted octanol–water partition coefficient (Wildman–Crippen LogP) is 2.51. The van der Waals surface area contributed by atoms with E-state index in [0.29, 0.717) is 19.5 Å². The van der Waals surface area contributed by atoms with E-state index in [1.165, 1.54) is 5.39 Å². The van der Waals surface area contributed by atoms with E-state index in [1.807, 2.05) is 29.3 Å². The molecule has 4 heteroatoms. The zero-order valence-electron chi connectivity index (χ0n) is 9.32. The summed E-state index contributed by atoms with van der Waals surface area (Å²) in [6, 6.07) is 8.24. The number of fused-ring (bicyclic) bond motifs is 1. The highest BCUT2D eigenvalue weighted by Gasteiger charge is 2.27. The Morgan fingerprint density at radius 1 is 1.41 bits per heavy atom. The van der Waals surface area contributed by atoms with Crippen molar-refractivity contribution < 1.29 is 4.79 Å². The van der Waals surface area contributed by atoms with Crippen LogP contribution in [0.5, 0.6) is 0 Å². The minimum Gasteiger partial charge on any atom is -0.361 e. The van der Waals surface area contributed by atoms with Crippen molar-refractivity contribution in [1.82, 2.24) is 9.88 Å². The molecule has 1 atom stereocenters. The lowest BCUT2D eigenvalue weighted by Gasteiger charge is -2.15. The number of nitrogens with zero attached hydrogens (tertiary/aromatic N) is 1. The first kappa shape index (κ1) is 10.7. The number of benzene rings is 1. The molecule has 1 N–H and O–H groups in total. The van der Waals surface area contributed by atoms with Gasteiger partial charge in [-0.1, -0.05) is 6.07 Å².